The van der Waals surface area contributed by atoms with Crippen molar-refractivity contribution in [3.63, 3.8) is 0 Å². The lowest BCUT2D eigenvalue weighted by atomic mass is 10.1. The summed E-state index contributed by atoms with van der Waals surface area (Å²) in [4.78, 5) is 13.0. The number of primary amides is 1. The molecule has 2 rings (SSSR count). The predicted molar refractivity (Wildman–Crippen MR) is 69.9 cm³/mol. The fourth-order valence-electron chi connectivity index (χ4n) is 2.66. The maximum Gasteiger partial charge on any atom is 0.236 e. The number of hydrogen-bond donors (Lipinski definition) is 1. The smallest absolute Gasteiger partial charge is 0.236 e. The van der Waals surface area contributed by atoms with Crippen LogP contribution in [0.5, 0.6) is 0 Å². The monoisotopic (exact) mass is 261 g/mol. The molecule has 0 radical (unpaired) electrons. The molecular formula is C14H16FN3O. The third kappa shape index (κ3) is 2.84. The summed E-state index contributed by atoms with van der Waals surface area (Å²) in [6, 6.07) is 6.50. The first-order chi connectivity index (χ1) is 9.13. The van der Waals surface area contributed by atoms with Crippen molar-refractivity contribution in [1.29, 1.82) is 5.26 Å². The predicted octanol–water partition coefficient (Wildman–Crippen LogP) is 1.93. The Kier molecular flexibility index (Phi) is 4.00. The zero-order valence-corrected chi connectivity index (χ0v) is 10.6. The molecule has 0 heterocycles. The first kappa shape index (κ1) is 13.3. The molecule has 2 N–H and O–H groups in total. The molecule has 1 aliphatic rings. The second-order valence-electron chi connectivity index (χ2n) is 4.78. The molecule has 0 unspecified atom stereocenters. The number of nitrogens with zero attached hydrogens (tertiary/aromatic N) is 2. The van der Waals surface area contributed by atoms with E-state index in [-0.39, 0.29) is 18.2 Å². The van der Waals surface area contributed by atoms with Crippen molar-refractivity contribution >= 4 is 11.6 Å². The summed E-state index contributed by atoms with van der Waals surface area (Å²) in [6.07, 6.45) is 4.04. The second-order valence-corrected chi connectivity index (χ2v) is 4.78. The molecule has 1 aromatic carbocycles. The summed E-state index contributed by atoms with van der Waals surface area (Å²) < 4.78 is 13.7. The minimum atomic E-state index is -0.563. The quantitative estimate of drug-likeness (QED) is 0.900. The topological polar surface area (TPSA) is 70.1 Å². The normalized spacial score (nSPS) is 15.2. The summed E-state index contributed by atoms with van der Waals surface area (Å²) in [7, 11) is 0. The van der Waals surface area contributed by atoms with Gasteiger partial charge in [-0.25, -0.2) is 4.39 Å². The maximum absolute atomic E-state index is 13.7. The summed E-state index contributed by atoms with van der Waals surface area (Å²) in [6.45, 7) is 0.0167. The molecule has 5 heteroatoms. The zero-order valence-electron chi connectivity index (χ0n) is 10.6. The van der Waals surface area contributed by atoms with Crippen molar-refractivity contribution < 1.29 is 9.18 Å². The molecule has 100 valence electrons. The number of benzene rings is 1. The molecule has 1 aromatic rings. The highest BCUT2D eigenvalue weighted by Gasteiger charge is 2.26. The molecule has 0 aromatic heterocycles. The summed E-state index contributed by atoms with van der Waals surface area (Å²) in [5.74, 6) is -1.03. The number of nitriles is 1. The standard InChI is InChI=1S/C14H16FN3O/c15-12-6-3-7-13(11(12)8-16)18(9-14(17)19)10-4-1-2-5-10/h3,6-7,10H,1-2,4-5,9H2,(H2,17,19). The number of amides is 1. The number of anilines is 1. The van der Waals surface area contributed by atoms with E-state index < -0.39 is 11.7 Å². The molecule has 1 amide bonds. The molecular weight excluding hydrogens is 245 g/mol. The molecule has 0 bridgehead atoms. The van der Waals surface area contributed by atoms with Crippen LogP contribution in [0, 0.1) is 17.1 Å². The van der Waals surface area contributed by atoms with E-state index in [0.29, 0.717) is 5.69 Å². The molecule has 0 atom stereocenters. The van der Waals surface area contributed by atoms with E-state index >= 15 is 0 Å². The number of halogens is 1. The first-order valence-electron chi connectivity index (χ1n) is 6.37. The lowest BCUT2D eigenvalue weighted by Crippen LogP contribution is -2.40. The number of rotatable bonds is 4. The van der Waals surface area contributed by atoms with Crippen LogP contribution in [0.1, 0.15) is 31.2 Å². The molecule has 0 saturated heterocycles. The Morgan fingerprint density at radius 2 is 2.16 bits per heavy atom. The highest BCUT2D eigenvalue weighted by molar-refractivity contribution is 5.80. The third-order valence-electron chi connectivity index (χ3n) is 3.50. The zero-order chi connectivity index (χ0) is 13.8. The molecule has 4 nitrogen and oxygen atoms in total. The van der Waals surface area contributed by atoms with Crippen LogP contribution in [0.2, 0.25) is 0 Å². The SMILES string of the molecule is N#Cc1c(F)cccc1N(CC(N)=O)C1CCCC1. The average molecular weight is 261 g/mol. The average Bonchev–Trinajstić information content (AvgIpc) is 2.89. The van der Waals surface area contributed by atoms with Crippen molar-refractivity contribution in [2.24, 2.45) is 5.73 Å². The van der Waals surface area contributed by atoms with E-state index in [1.807, 2.05) is 6.07 Å². The van der Waals surface area contributed by atoms with Gasteiger partial charge in [0.25, 0.3) is 0 Å². The van der Waals surface area contributed by atoms with Crippen LogP contribution < -0.4 is 10.6 Å². The number of hydrogen-bond acceptors (Lipinski definition) is 3. The van der Waals surface area contributed by atoms with Crippen LogP contribution in [0.25, 0.3) is 0 Å². The highest BCUT2D eigenvalue weighted by atomic mass is 19.1. The summed E-state index contributed by atoms with van der Waals surface area (Å²) >= 11 is 0. The van der Waals surface area contributed by atoms with Crippen molar-refractivity contribution in [1.82, 2.24) is 0 Å². The summed E-state index contributed by atoms with van der Waals surface area (Å²) in [5.41, 5.74) is 5.72. The van der Waals surface area contributed by atoms with Gasteiger partial charge in [-0.15, -0.1) is 0 Å². The molecule has 0 aliphatic heterocycles. The summed E-state index contributed by atoms with van der Waals surface area (Å²) in [5, 5.41) is 9.09. The van der Waals surface area contributed by atoms with Gasteiger partial charge < -0.3 is 10.6 Å². The van der Waals surface area contributed by atoms with Crippen LogP contribution in [-0.2, 0) is 4.79 Å². The number of carbonyl (C=O) groups excluding carboxylic acids is 1. The van der Waals surface area contributed by atoms with Gasteiger partial charge in [-0.3, -0.25) is 4.79 Å². The molecule has 1 saturated carbocycles. The Bertz CT molecular complexity index is 518. The fraction of sp³-hybridized carbons (Fsp3) is 0.429. The minimum Gasteiger partial charge on any atom is -0.368 e. The van der Waals surface area contributed by atoms with Gasteiger partial charge in [-0.05, 0) is 25.0 Å². The van der Waals surface area contributed by atoms with E-state index in [1.54, 1.807) is 17.0 Å². The Morgan fingerprint density at radius 3 is 2.74 bits per heavy atom. The van der Waals surface area contributed by atoms with Gasteiger partial charge in [0, 0.05) is 6.04 Å². The molecule has 19 heavy (non-hydrogen) atoms. The second kappa shape index (κ2) is 5.70. The Balaban J connectivity index is 2.40. The van der Waals surface area contributed by atoms with Gasteiger partial charge in [-0.1, -0.05) is 18.9 Å². The fourth-order valence-corrected chi connectivity index (χ4v) is 2.66. The van der Waals surface area contributed by atoms with E-state index in [9.17, 15) is 9.18 Å². The van der Waals surface area contributed by atoms with Gasteiger partial charge in [0.05, 0.1) is 12.2 Å². The third-order valence-corrected chi connectivity index (χ3v) is 3.50. The van der Waals surface area contributed by atoms with Gasteiger partial charge in [-0.2, -0.15) is 5.26 Å². The van der Waals surface area contributed by atoms with E-state index in [2.05, 4.69) is 0 Å². The van der Waals surface area contributed by atoms with E-state index in [0.717, 1.165) is 25.7 Å². The lowest BCUT2D eigenvalue weighted by Gasteiger charge is -2.30. The van der Waals surface area contributed by atoms with Gasteiger partial charge in [0.1, 0.15) is 17.4 Å². The first-order valence-corrected chi connectivity index (χ1v) is 6.37. The van der Waals surface area contributed by atoms with Gasteiger partial charge in [0.15, 0.2) is 0 Å². The molecule has 0 spiro atoms. The van der Waals surface area contributed by atoms with Crippen molar-refractivity contribution in [3.05, 3.63) is 29.6 Å². The van der Waals surface area contributed by atoms with Crippen molar-refractivity contribution in [3.8, 4) is 6.07 Å². The largest absolute Gasteiger partial charge is 0.368 e. The van der Waals surface area contributed by atoms with Crippen LogP contribution in [0.3, 0.4) is 0 Å². The number of nitrogens with two attached hydrogens (primary N) is 1. The minimum absolute atomic E-state index is 0.0167. The van der Waals surface area contributed by atoms with Crippen molar-refractivity contribution in [2.45, 2.75) is 31.7 Å². The van der Waals surface area contributed by atoms with Crippen LogP contribution in [-0.4, -0.2) is 18.5 Å². The van der Waals surface area contributed by atoms with E-state index in [1.165, 1.54) is 6.07 Å². The van der Waals surface area contributed by atoms with Crippen LogP contribution in [0.15, 0.2) is 18.2 Å². The Labute approximate surface area is 111 Å². The number of carbonyl (C=O) groups is 1. The Morgan fingerprint density at radius 1 is 1.47 bits per heavy atom. The van der Waals surface area contributed by atoms with Gasteiger partial charge >= 0.3 is 0 Å². The molecule has 1 aliphatic carbocycles. The lowest BCUT2D eigenvalue weighted by molar-refractivity contribution is -0.116. The molecule has 1 fully saturated rings. The van der Waals surface area contributed by atoms with E-state index in [4.69, 9.17) is 11.0 Å². The van der Waals surface area contributed by atoms with Crippen molar-refractivity contribution in [2.75, 3.05) is 11.4 Å². The van der Waals surface area contributed by atoms with Crippen LogP contribution >= 0.6 is 0 Å². The highest BCUT2D eigenvalue weighted by Crippen LogP contribution is 2.31. The van der Waals surface area contributed by atoms with Gasteiger partial charge in [0.2, 0.25) is 5.91 Å². The van der Waals surface area contributed by atoms with Crippen LogP contribution in [0.4, 0.5) is 10.1 Å². The maximum atomic E-state index is 13.7. The Hall–Kier alpha value is -2.09.